The molecule has 1 aliphatic rings. The van der Waals surface area contributed by atoms with Crippen LogP contribution in [0.3, 0.4) is 0 Å². The van der Waals surface area contributed by atoms with E-state index in [1.165, 1.54) is 12.1 Å². The van der Waals surface area contributed by atoms with Gasteiger partial charge in [0.2, 0.25) is 0 Å². The number of urea groups is 1. The summed E-state index contributed by atoms with van der Waals surface area (Å²) in [7, 11) is 0. The Morgan fingerprint density at radius 3 is 2.29 bits per heavy atom. The molecule has 2 amide bonds. The van der Waals surface area contributed by atoms with Gasteiger partial charge in [-0.15, -0.1) is 0 Å². The van der Waals surface area contributed by atoms with Gasteiger partial charge in [0.05, 0.1) is 21.7 Å². The van der Waals surface area contributed by atoms with Gasteiger partial charge in [0.25, 0.3) is 0 Å². The van der Waals surface area contributed by atoms with Crippen molar-refractivity contribution < 1.29 is 14.7 Å². The van der Waals surface area contributed by atoms with Gasteiger partial charge in [0.15, 0.2) is 0 Å². The fourth-order valence-corrected chi connectivity index (χ4v) is 3.24. The van der Waals surface area contributed by atoms with Crippen molar-refractivity contribution in [1.82, 2.24) is 5.32 Å². The molecular formula is C13H13Cl3N2O3. The number of rotatable bonds is 3. The average molecular weight is 352 g/mol. The van der Waals surface area contributed by atoms with Crippen LogP contribution in [0.25, 0.3) is 0 Å². The maximum Gasteiger partial charge on any atom is 0.319 e. The van der Waals surface area contributed by atoms with E-state index in [9.17, 15) is 9.59 Å². The molecule has 8 heteroatoms. The van der Waals surface area contributed by atoms with Gasteiger partial charge in [-0.1, -0.05) is 34.8 Å². The lowest BCUT2D eigenvalue weighted by atomic mass is 10.1. The van der Waals surface area contributed by atoms with Crippen LogP contribution in [0.4, 0.5) is 10.5 Å². The maximum atomic E-state index is 11.9. The Morgan fingerprint density at radius 1 is 1.14 bits per heavy atom. The van der Waals surface area contributed by atoms with Crippen LogP contribution < -0.4 is 10.6 Å². The highest BCUT2D eigenvalue weighted by Gasteiger charge is 2.30. The Kier molecular flexibility index (Phi) is 5.19. The molecular weight excluding hydrogens is 339 g/mol. The standard InChI is InChI=1S/C13H13Cl3N2O3/c14-7-4-9(15)11(10(16)5-7)18-13(21)17-8-2-1-6(3-8)12(19)20/h4-6,8H,1-3H2,(H,19,20)(H2,17,18,21)/t6-,8+/m1/s1. The summed E-state index contributed by atoms with van der Waals surface area (Å²) in [5, 5.41) is 15.0. The number of carboxylic acids is 1. The lowest BCUT2D eigenvalue weighted by molar-refractivity contribution is -0.141. The van der Waals surface area contributed by atoms with E-state index in [4.69, 9.17) is 39.9 Å². The number of nitrogens with one attached hydrogen (secondary N) is 2. The minimum absolute atomic E-state index is 0.170. The van der Waals surface area contributed by atoms with Crippen LogP contribution in [0.1, 0.15) is 19.3 Å². The van der Waals surface area contributed by atoms with Gasteiger partial charge in [-0.25, -0.2) is 4.79 Å². The third-order valence-electron chi connectivity index (χ3n) is 3.36. The molecule has 1 fully saturated rings. The van der Waals surface area contributed by atoms with Crippen molar-refractivity contribution in [2.45, 2.75) is 25.3 Å². The summed E-state index contributed by atoms with van der Waals surface area (Å²) in [4.78, 5) is 22.8. The predicted octanol–water partition coefficient (Wildman–Crippen LogP) is 4.02. The molecule has 0 saturated heterocycles. The fraction of sp³-hybridized carbons (Fsp3) is 0.385. The van der Waals surface area contributed by atoms with Crippen LogP contribution in [-0.4, -0.2) is 23.1 Å². The van der Waals surface area contributed by atoms with Crippen LogP contribution >= 0.6 is 34.8 Å². The fourth-order valence-electron chi connectivity index (χ4n) is 2.33. The summed E-state index contributed by atoms with van der Waals surface area (Å²) < 4.78 is 0. The van der Waals surface area contributed by atoms with Crippen LogP contribution in [0.5, 0.6) is 0 Å². The summed E-state index contributed by atoms with van der Waals surface area (Å²) in [6.07, 6.45) is 1.61. The molecule has 3 N–H and O–H groups in total. The lowest BCUT2D eigenvalue weighted by Gasteiger charge is -2.15. The molecule has 1 aromatic rings. The first-order valence-electron chi connectivity index (χ1n) is 6.31. The van der Waals surface area contributed by atoms with Gasteiger partial charge >= 0.3 is 12.0 Å². The van der Waals surface area contributed by atoms with E-state index in [0.29, 0.717) is 24.3 Å². The Balaban J connectivity index is 1.96. The number of hydrogen-bond acceptors (Lipinski definition) is 2. The first kappa shape index (κ1) is 16.2. The zero-order valence-corrected chi connectivity index (χ0v) is 13.1. The highest BCUT2D eigenvalue weighted by Crippen LogP contribution is 2.33. The van der Waals surface area contributed by atoms with Crippen molar-refractivity contribution in [3.05, 3.63) is 27.2 Å². The molecule has 1 aliphatic carbocycles. The summed E-state index contributed by atoms with van der Waals surface area (Å²) in [6, 6.07) is 2.30. The Morgan fingerprint density at radius 2 is 1.76 bits per heavy atom. The van der Waals surface area contributed by atoms with E-state index >= 15 is 0 Å². The molecule has 5 nitrogen and oxygen atoms in total. The Labute approximate surface area is 136 Å². The van der Waals surface area contributed by atoms with E-state index in [-0.39, 0.29) is 21.8 Å². The number of amides is 2. The van der Waals surface area contributed by atoms with Crippen LogP contribution in [0.2, 0.25) is 15.1 Å². The van der Waals surface area contributed by atoms with Crippen molar-refractivity contribution in [1.29, 1.82) is 0 Å². The second-order valence-electron chi connectivity index (χ2n) is 4.89. The molecule has 0 spiro atoms. The molecule has 2 rings (SSSR count). The van der Waals surface area contributed by atoms with Crippen LogP contribution in [0.15, 0.2) is 12.1 Å². The molecule has 21 heavy (non-hydrogen) atoms. The number of carboxylic acid groups (broad SMARTS) is 1. The number of halogens is 3. The number of carbonyl (C=O) groups excluding carboxylic acids is 1. The second kappa shape index (κ2) is 6.73. The first-order valence-corrected chi connectivity index (χ1v) is 7.45. The van der Waals surface area contributed by atoms with Crippen molar-refractivity contribution in [3.8, 4) is 0 Å². The minimum Gasteiger partial charge on any atom is -0.481 e. The minimum atomic E-state index is -0.830. The van der Waals surface area contributed by atoms with Crippen molar-refractivity contribution in [3.63, 3.8) is 0 Å². The number of benzene rings is 1. The number of carbonyl (C=O) groups is 2. The second-order valence-corrected chi connectivity index (χ2v) is 6.14. The zero-order valence-electron chi connectivity index (χ0n) is 10.8. The molecule has 2 atom stereocenters. The maximum absolute atomic E-state index is 11.9. The Bertz CT molecular complexity index is 557. The number of anilines is 1. The van der Waals surface area contributed by atoms with Crippen LogP contribution in [-0.2, 0) is 4.79 Å². The monoisotopic (exact) mass is 350 g/mol. The van der Waals surface area contributed by atoms with Crippen LogP contribution in [0, 0.1) is 5.92 Å². The zero-order chi connectivity index (χ0) is 15.6. The van der Waals surface area contributed by atoms with Gasteiger partial charge in [-0.3, -0.25) is 4.79 Å². The largest absolute Gasteiger partial charge is 0.481 e. The molecule has 0 aromatic heterocycles. The van der Waals surface area contributed by atoms with Gasteiger partial charge in [0, 0.05) is 11.1 Å². The van der Waals surface area contributed by atoms with E-state index in [1.54, 1.807) is 0 Å². The quantitative estimate of drug-likeness (QED) is 0.769. The normalized spacial score (nSPS) is 21.1. The van der Waals surface area contributed by atoms with Crippen molar-refractivity contribution >= 4 is 52.5 Å². The van der Waals surface area contributed by atoms with E-state index in [0.717, 1.165) is 0 Å². The molecule has 0 heterocycles. The van der Waals surface area contributed by atoms with Gasteiger partial charge < -0.3 is 15.7 Å². The van der Waals surface area contributed by atoms with Crippen molar-refractivity contribution in [2.75, 3.05) is 5.32 Å². The molecule has 0 unspecified atom stereocenters. The molecule has 0 aliphatic heterocycles. The summed E-state index contributed by atoms with van der Waals surface area (Å²) in [5.74, 6) is -1.23. The van der Waals surface area contributed by atoms with E-state index < -0.39 is 17.9 Å². The summed E-state index contributed by atoms with van der Waals surface area (Å²) in [6.45, 7) is 0. The first-order chi connectivity index (χ1) is 9.86. The molecule has 0 radical (unpaired) electrons. The lowest BCUT2D eigenvalue weighted by Crippen LogP contribution is -2.36. The molecule has 1 saturated carbocycles. The van der Waals surface area contributed by atoms with Gasteiger partial charge in [-0.2, -0.15) is 0 Å². The topological polar surface area (TPSA) is 78.4 Å². The number of hydrogen-bond donors (Lipinski definition) is 3. The van der Waals surface area contributed by atoms with Gasteiger partial charge in [-0.05, 0) is 31.4 Å². The van der Waals surface area contributed by atoms with Crippen molar-refractivity contribution in [2.24, 2.45) is 5.92 Å². The van der Waals surface area contributed by atoms with Gasteiger partial charge in [0.1, 0.15) is 0 Å². The molecule has 0 bridgehead atoms. The average Bonchev–Trinajstić information content (AvgIpc) is 2.82. The smallest absolute Gasteiger partial charge is 0.319 e. The number of aliphatic carboxylic acids is 1. The third kappa shape index (κ3) is 4.15. The SMILES string of the molecule is O=C(Nc1c(Cl)cc(Cl)cc1Cl)N[C@H]1CC[C@@H](C(=O)O)C1. The van der Waals surface area contributed by atoms with E-state index in [1.807, 2.05) is 0 Å². The summed E-state index contributed by atoms with van der Waals surface area (Å²) in [5.41, 5.74) is 0.271. The highest BCUT2D eigenvalue weighted by molar-refractivity contribution is 6.42. The molecule has 114 valence electrons. The Hall–Kier alpha value is -1.17. The summed E-state index contributed by atoms with van der Waals surface area (Å²) >= 11 is 17.7. The third-order valence-corrected chi connectivity index (χ3v) is 4.18. The predicted molar refractivity (Wildman–Crippen MR) is 82.4 cm³/mol. The highest BCUT2D eigenvalue weighted by atomic mass is 35.5. The molecule has 1 aromatic carbocycles. The van der Waals surface area contributed by atoms with E-state index in [2.05, 4.69) is 10.6 Å².